The molecule has 0 radical (unpaired) electrons. The first-order valence-electron chi connectivity index (χ1n) is 7.67. The Balaban J connectivity index is 2.08. The second-order valence-electron chi connectivity index (χ2n) is 6.46. The van der Waals surface area contributed by atoms with Crippen molar-refractivity contribution in [3.63, 3.8) is 0 Å². The van der Waals surface area contributed by atoms with Crippen molar-refractivity contribution in [2.75, 3.05) is 0 Å². The molecular formula is C15H26N2O3S. The highest BCUT2D eigenvalue weighted by atomic mass is 32.2. The molecule has 0 amide bonds. The van der Waals surface area contributed by atoms with Crippen LogP contribution < -0.4 is 4.72 Å². The molecule has 1 aromatic rings. The van der Waals surface area contributed by atoms with Gasteiger partial charge in [-0.15, -0.1) is 0 Å². The van der Waals surface area contributed by atoms with Crippen molar-refractivity contribution in [3.05, 3.63) is 18.0 Å². The highest BCUT2D eigenvalue weighted by molar-refractivity contribution is 7.89. The zero-order valence-electron chi connectivity index (χ0n) is 13.0. The molecule has 1 aliphatic rings. The molecular weight excluding hydrogens is 288 g/mol. The third kappa shape index (κ3) is 4.31. The molecule has 1 fully saturated rings. The van der Waals surface area contributed by atoms with Gasteiger partial charge in [-0.1, -0.05) is 13.8 Å². The molecule has 5 nitrogen and oxygen atoms in total. The summed E-state index contributed by atoms with van der Waals surface area (Å²) in [5, 5.41) is 9.37. The number of nitrogens with zero attached hydrogens (tertiary/aromatic N) is 1. The van der Waals surface area contributed by atoms with Gasteiger partial charge in [-0.3, -0.25) is 0 Å². The lowest BCUT2D eigenvalue weighted by atomic mass is 10.1. The minimum absolute atomic E-state index is 0.0840. The quantitative estimate of drug-likeness (QED) is 0.774. The number of hydrogen-bond acceptors (Lipinski definition) is 3. The van der Waals surface area contributed by atoms with Gasteiger partial charge in [-0.25, -0.2) is 13.1 Å². The van der Waals surface area contributed by atoms with E-state index in [9.17, 15) is 13.5 Å². The molecule has 2 N–H and O–H groups in total. The van der Waals surface area contributed by atoms with E-state index >= 15 is 0 Å². The smallest absolute Gasteiger partial charge is 0.242 e. The summed E-state index contributed by atoms with van der Waals surface area (Å²) in [5.41, 5.74) is 0.674. The fraction of sp³-hybridized carbons (Fsp3) is 0.733. The number of sulfonamides is 1. The first-order valence-corrected chi connectivity index (χ1v) is 9.15. The maximum Gasteiger partial charge on any atom is 0.242 e. The van der Waals surface area contributed by atoms with Gasteiger partial charge in [-0.05, 0) is 44.6 Å². The third-order valence-corrected chi connectivity index (χ3v) is 5.41. The number of rotatable bonds is 8. The van der Waals surface area contributed by atoms with E-state index in [0.29, 0.717) is 17.7 Å². The van der Waals surface area contributed by atoms with E-state index in [1.54, 1.807) is 12.3 Å². The Hall–Kier alpha value is -0.850. The van der Waals surface area contributed by atoms with Crippen LogP contribution >= 0.6 is 0 Å². The lowest BCUT2D eigenvalue weighted by Crippen LogP contribution is -2.32. The van der Waals surface area contributed by atoms with Crippen molar-refractivity contribution in [2.45, 2.75) is 70.0 Å². The fourth-order valence-corrected chi connectivity index (χ4v) is 3.77. The molecule has 0 bridgehead atoms. The summed E-state index contributed by atoms with van der Waals surface area (Å²) in [6, 6.07) is 1.85. The number of aromatic nitrogens is 1. The van der Waals surface area contributed by atoms with Crippen molar-refractivity contribution in [3.8, 4) is 0 Å². The first-order chi connectivity index (χ1) is 9.83. The molecule has 0 aromatic carbocycles. The van der Waals surface area contributed by atoms with Gasteiger partial charge < -0.3 is 9.67 Å². The zero-order valence-corrected chi connectivity index (χ0v) is 13.9. The second-order valence-corrected chi connectivity index (χ2v) is 8.17. The maximum atomic E-state index is 12.4. The van der Waals surface area contributed by atoms with Crippen molar-refractivity contribution >= 4 is 10.0 Å². The minimum Gasteiger partial charge on any atom is -0.390 e. The number of aliphatic hydroxyl groups excluding tert-OH is 1. The first kappa shape index (κ1) is 16.5. The Bertz CT molecular complexity index is 574. The Kier molecular flexibility index (Phi) is 5.11. The van der Waals surface area contributed by atoms with E-state index in [1.165, 1.54) is 0 Å². The fourth-order valence-electron chi connectivity index (χ4n) is 2.44. The topological polar surface area (TPSA) is 71.3 Å². The van der Waals surface area contributed by atoms with Gasteiger partial charge in [0, 0.05) is 24.0 Å². The Labute approximate surface area is 127 Å². The minimum atomic E-state index is -3.51. The van der Waals surface area contributed by atoms with Crippen molar-refractivity contribution in [2.24, 2.45) is 5.92 Å². The largest absolute Gasteiger partial charge is 0.390 e. The van der Waals surface area contributed by atoms with E-state index in [0.717, 1.165) is 25.7 Å². The average Bonchev–Trinajstić information content (AvgIpc) is 3.14. The van der Waals surface area contributed by atoms with Crippen LogP contribution in [0.1, 0.15) is 58.2 Å². The third-order valence-electron chi connectivity index (χ3n) is 3.85. The molecule has 1 saturated carbocycles. The molecule has 0 aliphatic heterocycles. The highest BCUT2D eigenvalue weighted by Gasteiger charge is 2.28. The molecule has 6 heteroatoms. The second kappa shape index (κ2) is 6.50. The van der Waals surface area contributed by atoms with E-state index in [-0.39, 0.29) is 17.5 Å². The molecule has 120 valence electrons. The van der Waals surface area contributed by atoms with Crippen LogP contribution in [-0.2, 0) is 16.6 Å². The molecule has 21 heavy (non-hydrogen) atoms. The van der Waals surface area contributed by atoms with Gasteiger partial charge in [-0.2, -0.15) is 0 Å². The molecule has 0 saturated heterocycles. The monoisotopic (exact) mass is 314 g/mol. The van der Waals surface area contributed by atoms with Crippen molar-refractivity contribution < 1.29 is 13.5 Å². The summed E-state index contributed by atoms with van der Waals surface area (Å²) in [6.07, 6.45) is 5.58. The molecule has 2 rings (SSSR count). The predicted octanol–water partition coefficient (Wildman–Crippen LogP) is 2.42. The Morgan fingerprint density at radius 2 is 2.00 bits per heavy atom. The molecule has 0 spiro atoms. The van der Waals surface area contributed by atoms with Gasteiger partial charge in [0.2, 0.25) is 10.0 Å². The molecule has 1 aliphatic carbocycles. The van der Waals surface area contributed by atoms with E-state index < -0.39 is 10.0 Å². The Morgan fingerprint density at radius 1 is 1.33 bits per heavy atom. The molecule has 1 atom stereocenters. The number of aliphatic hydroxyl groups is 1. The summed E-state index contributed by atoms with van der Waals surface area (Å²) < 4.78 is 29.4. The molecule has 1 unspecified atom stereocenters. The predicted molar refractivity (Wildman–Crippen MR) is 82.5 cm³/mol. The maximum absolute atomic E-state index is 12.4. The van der Waals surface area contributed by atoms with Crippen LogP contribution in [0.3, 0.4) is 0 Å². The molecule has 1 heterocycles. The number of nitrogens with one attached hydrogen (secondary N) is 1. The van der Waals surface area contributed by atoms with Gasteiger partial charge >= 0.3 is 0 Å². The van der Waals surface area contributed by atoms with E-state index in [1.807, 2.05) is 11.5 Å². The van der Waals surface area contributed by atoms with E-state index in [2.05, 4.69) is 18.6 Å². The van der Waals surface area contributed by atoms with Crippen LogP contribution in [0, 0.1) is 5.92 Å². The van der Waals surface area contributed by atoms with Crippen LogP contribution in [0.15, 0.2) is 17.2 Å². The lowest BCUT2D eigenvalue weighted by molar-refractivity contribution is 0.270. The lowest BCUT2D eigenvalue weighted by Gasteiger charge is -2.14. The number of hydrogen-bond donors (Lipinski definition) is 2. The van der Waals surface area contributed by atoms with Crippen LogP contribution in [0.4, 0.5) is 0 Å². The van der Waals surface area contributed by atoms with Crippen molar-refractivity contribution in [1.29, 1.82) is 0 Å². The summed E-state index contributed by atoms with van der Waals surface area (Å²) in [7, 11) is -3.51. The van der Waals surface area contributed by atoms with Crippen molar-refractivity contribution in [1.82, 2.24) is 9.29 Å². The van der Waals surface area contributed by atoms with Gasteiger partial charge in [0.15, 0.2) is 0 Å². The Morgan fingerprint density at radius 3 is 2.52 bits per heavy atom. The summed E-state index contributed by atoms with van der Waals surface area (Å²) in [6.45, 7) is 6.02. The normalized spacial score (nSPS) is 17.4. The van der Waals surface area contributed by atoms with Crippen LogP contribution in [0.2, 0.25) is 0 Å². The van der Waals surface area contributed by atoms with Gasteiger partial charge in [0.1, 0.15) is 0 Å². The summed E-state index contributed by atoms with van der Waals surface area (Å²) in [5.74, 6) is 0.564. The summed E-state index contributed by atoms with van der Waals surface area (Å²) >= 11 is 0. The summed E-state index contributed by atoms with van der Waals surface area (Å²) in [4.78, 5) is 0.259. The SMILES string of the molecule is CC(C)CCC(C)NS(=O)(=O)c1cc(CO)n(C2CC2)c1. The van der Waals surface area contributed by atoms with E-state index in [4.69, 9.17) is 0 Å². The van der Waals surface area contributed by atoms with Gasteiger partial charge in [0.25, 0.3) is 0 Å². The average molecular weight is 314 g/mol. The zero-order chi connectivity index (χ0) is 15.6. The van der Waals surface area contributed by atoms with Crippen LogP contribution in [0.5, 0.6) is 0 Å². The standard InChI is InChI=1S/C15H26N2O3S/c1-11(2)4-5-12(3)16-21(19,20)15-8-14(10-18)17(9-15)13-6-7-13/h8-9,11-13,16,18H,4-7,10H2,1-3H3. The van der Waals surface area contributed by atoms with Crippen LogP contribution in [-0.4, -0.2) is 24.1 Å². The highest BCUT2D eigenvalue weighted by Crippen LogP contribution is 2.37. The van der Waals surface area contributed by atoms with Gasteiger partial charge in [0.05, 0.1) is 11.5 Å². The molecule has 1 aromatic heterocycles. The van der Waals surface area contributed by atoms with Crippen LogP contribution in [0.25, 0.3) is 0 Å².